The molecule has 1 aliphatic carbocycles. The van der Waals surface area contributed by atoms with Gasteiger partial charge in [0.1, 0.15) is 0 Å². The molecule has 1 heterocycles. The zero-order valence-electron chi connectivity index (χ0n) is 13.3. The van der Waals surface area contributed by atoms with Crippen LogP contribution >= 0.6 is 11.8 Å². The van der Waals surface area contributed by atoms with Crippen molar-refractivity contribution in [3.63, 3.8) is 0 Å². The predicted molar refractivity (Wildman–Crippen MR) is 89.0 cm³/mol. The van der Waals surface area contributed by atoms with E-state index >= 15 is 0 Å². The molecule has 0 spiro atoms. The van der Waals surface area contributed by atoms with Gasteiger partial charge in [0.25, 0.3) is 5.56 Å². The number of hydrogen-bond donors (Lipinski definition) is 2. The molecule has 21 heavy (non-hydrogen) atoms. The molecule has 0 radical (unpaired) electrons. The first-order valence-corrected chi connectivity index (χ1v) is 8.98. The molecular weight excluding hydrogens is 282 g/mol. The summed E-state index contributed by atoms with van der Waals surface area (Å²) in [4.78, 5) is 18.9. The summed E-state index contributed by atoms with van der Waals surface area (Å²) in [6, 6.07) is 2.08. The number of H-pyrrole nitrogens is 1. The van der Waals surface area contributed by atoms with Crippen molar-refractivity contribution in [2.75, 3.05) is 6.54 Å². The van der Waals surface area contributed by atoms with Crippen LogP contribution in [0.4, 0.5) is 0 Å². The summed E-state index contributed by atoms with van der Waals surface area (Å²) >= 11 is 1.74. The molecule has 1 saturated carbocycles. The Labute approximate surface area is 131 Å². The molecule has 1 fully saturated rings. The maximum atomic E-state index is 11.6. The molecule has 0 saturated heterocycles. The third-order valence-corrected chi connectivity index (χ3v) is 5.49. The fourth-order valence-electron chi connectivity index (χ4n) is 3.03. The fraction of sp³-hybridized carbons (Fsp3) is 0.750. The minimum Gasteiger partial charge on any atom is -0.313 e. The Bertz CT molecular complexity index is 503. The van der Waals surface area contributed by atoms with Crippen LogP contribution in [0, 0.1) is 12.8 Å². The molecule has 1 aliphatic rings. The van der Waals surface area contributed by atoms with Gasteiger partial charge in [-0.25, -0.2) is 4.98 Å². The zero-order chi connectivity index (χ0) is 15.2. The molecule has 4 nitrogen and oxygen atoms in total. The molecule has 5 heteroatoms. The van der Waals surface area contributed by atoms with Gasteiger partial charge in [-0.05, 0) is 45.1 Å². The van der Waals surface area contributed by atoms with E-state index in [1.54, 1.807) is 17.8 Å². The van der Waals surface area contributed by atoms with E-state index < -0.39 is 0 Å². The van der Waals surface area contributed by atoms with Crippen molar-refractivity contribution in [2.45, 2.75) is 69.3 Å². The van der Waals surface area contributed by atoms with E-state index in [2.05, 4.69) is 29.1 Å². The van der Waals surface area contributed by atoms with E-state index in [1.165, 1.54) is 25.7 Å². The second-order valence-corrected chi connectivity index (χ2v) is 7.22. The minimum absolute atomic E-state index is 0.0501. The highest BCUT2D eigenvalue weighted by Gasteiger charge is 2.30. The van der Waals surface area contributed by atoms with Crippen LogP contribution in [-0.2, 0) is 0 Å². The normalized spacial score (nSPS) is 26.0. The van der Waals surface area contributed by atoms with Gasteiger partial charge in [-0.3, -0.25) is 4.79 Å². The molecule has 2 rings (SSSR count). The van der Waals surface area contributed by atoms with Crippen molar-refractivity contribution in [1.82, 2.24) is 15.3 Å². The zero-order valence-corrected chi connectivity index (χ0v) is 14.1. The lowest BCUT2D eigenvalue weighted by Crippen LogP contribution is -2.43. The van der Waals surface area contributed by atoms with E-state index in [0.717, 1.165) is 29.7 Å². The van der Waals surface area contributed by atoms with Gasteiger partial charge in [-0.1, -0.05) is 32.0 Å². The van der Waals surface area contributed by atoms with Gasteiger partial charge in [0, 0.05) is 23.1 Å². The van der Waals surface area contributed by atoms with Crippen LogP contribution in [0.1, 0.15) is 51.6 Å². The Balaban J connectivity index is 2.09. The molecular formula is C16H27N3OS. The molecule has 1 aromatic heterocycles. The van der Waals surface area contributed by atoms with E-state index in [9.17, 15) is 4.79 Å². The maximum Gasteiger partial charge on any atom is 0.251 e. The standard InChI is InChI=1S/C16H27N3OS/c1-4-8-17-13-7-6-12(5-2)10-14(13)21-16-18-11(3)9-15(20)19-16/h9,12-14,17H,4-8,10H2,1-3H3,(H,18,19,20). The first-order valence-electron chi connectivity index (χ1n) is 8.10. The van der Waals surface area contributed by atoms with Crippen LogP contribution in [0.25, 0.3) is 0 Å². The molecule has 0 aromatic carbocycles. The van der Waals surface area contributed by atoms with Gasteiger partial charge in [0.05, 0.1) is 0 Å². The molecule has 1 aromatic rings. The highest BCUT2D eigenvalue weighted by atomic mass is 32.2. The Morgan fingerprint density at radius 1 is 1.43 bits per heavy atom. The number of rotatable bonds is 6. The number of nitrogens with one attached hydrogen (secondary N) is 2. The summed E-state index contributed by atoms with van der Waals surface area (Å²) in [5.74, 6) is 0.804. The lowest BCUT2D eigenvalue weighted by molar-refractivity contribution is 0.295. The van der Waals surface area contributed by atoms with Gasteiger partial charge >= 0.3 is 0 Å². The molecule has 0 aliphatic heterocycles. The smallest absolute Gasteiger partial charge is 0.251 e. The SMILES string of the molecule is CCCNC1CCC(CC)CC1Sc1nc(C)cc(=O)[nH]1. The summed E-state index contributed by atoms with van der Waals surface area (Å²) in [5, 5.41) is 4.94. The highest BCUT2D eigenvalue weighted by Crippen LogP contribution is 2.36. The largest absolute Gasteiger partial charge is 0.313 e. The molecule has 0 amide bonds. The first kappa shape index (κ1) is 16.6. The van der Waals surface area contributed by atoms with Crippen molar-refractivity contribution in [2.24, 2.45) is 5.92 Å². The van der Waals surface area contributed by atoms with E-state index in [0.29, 0.717) is 11.3 Å². The van der Waals surface area contributed by atoms with Crippen LogP contribution in [0.15, 0.2) is 16.0 Å². The highest BCUT2D eigenvalue weighted by molar-refractivity contribution is 7.99. The van der Waals surface area contributed by atoms with Gasteiger partial charge in [-0.2, -0.15) is 0 Å². The second-order valence-electron chi connectivity index (χ2n) is 6.00. The van der Waals surface area contributed by atoms with Gasteiger partial charge < -0.3 is 10.3 Å². The predicted octanol–water partition coefficient (Wildman–Crippen LogP) is 3.12. The molecule has 3 atom stereocenters. The average Bonchev–Trinajstić information content (AvgIpc) is 2.44. The number of nitrogens with zero attached hydrogens (tertiary/aromatic N) is 1. The molecule has 2 N–H and O–H groups in total. The topological polar surface area (TPSA) is 57.8 Å². The first-order chi connectivity index (χ1) is 10.1. The van der Waals surface area contributed by atoms with Gasteiger partial charge in [0.15, 0.2) is 5.16 Å². The van der Waals surface area contributed by atoms with Crippen LogP contribution in [0.3, 0.4) is 0 Å². The number of aromatic nitrogens is 2. The third kappa shape index (κ3) is 4.85. The summed E-state index contributed by atoms with van der Waals surface area (Å²) in [6.45, 7) is 7.42. The molecule has 118 valence electrons. The van der Waals surface area contributed by atoms with E-state index in [-0.39, 0.29) is 5.56 Å². The number of hydrogen-bond acceptors (Lipinski definition) is 4. The Kier molecular flexibility index (Phi) is 6.30. The van der Waals surface area contributed by atoms with E-state index in [1.807, 2.05) is 6.92 Å². The lowest BCUT2D eigenvalue weighted by atomic mass is 9.84. The third-order valence-electron chi connectivity index (χ3n) is 4.25. The Hall–Kier alpha value is -0.810. The van der Waals surface area contributed by atoms with Gasteiger partial charge in [-0.15, -0.1) is 0 Å². The average molecular weight is 309 g/mol. The van der Waals surface area contributed by atoms with E-state index in [4.69, 9.17) is 0 Å². The Morgan fingerprint density at radius 3 is 2.90 bits per heavy atom. The van der Waals surface area contributed by atoms with Crippen LogP contribution in [0.5, 0.6) is 0 Å². The van der Waals surface area contributed by atoms with Crippen LogP contribution in [-0.4, -0.2) is 27.8 Å². The summed E-state index contributed by atoms with van der Waals surface area (Å²) in [5.41, 5.74) is 0.744. The second kappa shape index (κ2) is 7.99. The number of thioether (sulfide) groups is 1. The number of aromatic amines is 1. The molecule has 0 bridgehead atoms. The summed E-state index contributed by atoms with van der Waals surface area (Å²) in [6.07, 6.45) is 6.15. The van der Waals surface area contributed by atoms with Crippen molar-refractivity contribution in [3.05, 3.63) is 22.1 Å². The molecule has 3 unspecified atom stereocenters. The summed E-state index contributed by atoms with van der Waals surface area (Å²) < 4.78 is 0. The number of aryl methyl sites for hydroxylation is 1. The van der Waals surface area contributed by atoms with Crippen LogP contribution in [0.2, 0.25) is 0 Å². The van der Waals surface area contributed by atoms with Crippen LogP contribution < -0.4 is 10.9 Å². The quantitative estimate of drug-likeness (QED) is 0.793. The monoisotopic (exact) mass is 309 g/mol. The minimum atomic E-state index is -0.0501. The summed E-state index contributed by atoms with van der Waals surface area (Å²) in [7, 11) is 0. The lowest BCUT2D eigenvalue weighted by Gasteiger charge is -2.35. The van der Waals surface area contributed by atoms with Gasteiger partial charge in [0.2, 0.25) is 0 Å². The maximum absolute atomic E-state index is 11.6. The van der Waals surface area contributed by atoms with Crippen molar-refractivity contribution in [3.8, 4) is 0 Å². The van der Waals surface area contributed by atoms with Crippen molar-refractivity contribution >= 4 is 11.8 Å². The van der Waals surface area contributed by atoms with Crippen molar-refractivity contribution < 1.29 is 0 Å². The van der Waals surface area contributed by atoms with Crippen molar-refractivity contribution in [1.29, 1.82) is 0 Å². The fourth-order valence-corrected chi connectivity index (χ4v) is 4.43. The Morgan fingerprint density at radius 2 is 2.24 bits per heavy atom.